The molecule has 2 fully saturated rings. The van der Waals surface area contributed by atoms with Gasteiger partial charge in [-0.2, -0.15) is 0 Å². The van der Waals surface area contributed by atoms with Crippen LogP contribution in [0.3, 0.4) is 0 Å². The third-order valence-corrected chi connectivity index (χ3v) is 15.1. The summed E-state index contributed by atoms with van der Waals surface area (Å²) in [6.45, 7) is 0. The van der Waals surface area contributed by atoms with E-state index in [1.54, 1.807) is 0 Å². The first-order valence-electron chi connectivity index (χ1n) is 17.3. The van der Waals surface area contributed by atoms with Gasteiger partial charge in [-0.05, 0) is 110 Å². The Hall–Kier alpha value is -3.82. The summed E-state index contributed by atoms with van der Waals surface area (Å²) in [5.41, 5.74) is 3.04. The minimum Gasteiger partial charge on any atom is -0.0622 e. The summed E-state index contributed by atoms with van der Waals surface area (Å²) in [6, 6.07) is 67.0. The molecule has 0 bridgehead atoms. The van der Waals surface area contributed by atoms with Gasteiger partial charge in [0.2, 0.25) is 0 Å². The second-order valence-electron chi connectivity index (χ2n) is 12.5. The van der Waals surface area contributed by atoms with Crippen molar-refractivity contribution in [1.82, 2.24) is 0 Å². The molecule has 2 heteroatoms. The molecule has 0 heterocycles. The normalized spacial score (nSPS) is 17.4. The largest absolute Gasteiger partial charge is 0.0622 e. The number of hydrogen-bond acceptors (Lipinski definition) is 0. The molecular weight excluding hydrogens is 638 g/mol. The van der Waals surface area contributed by atoms with Crippen molar-refractivity contribution in [2.45, 2.75) is 11.3 Å². The Morgan fingerprint density at radius 1 is 0.280 bits per heavy atom. The predicted octanol–water partition coefficient (Wildman–Crippen LogP) is 10.3. The average Bonchev–Trinajstić information content (AvgIpc) is 3.88. The van der Waals surface area contributed by atoms with Gasteiger partial charge >= 0.3 is 0 Å². The van der Waals surface area contributed by atoms with Crippen LogP contribution < -0.4 is 21.2 Å². The molecule has 2 aliphatic carbocycles. The second kappa shape index (κ2) is 16.0. The van der Waals surface area contributed by atoms with Crippen molar-refractivity contribution in [2.75, 3.05) is 0 Å². The SMILES string of the molecule is [CH]1[CH][C]([C]2[CH][CH][CH][C]2[C@@H](c2ccccc2)P(c2ccccc2)c2ccccc2)[C]([C@@H](c2ccccc2)P(c2ccccc2)c2ccccc2)[CH]1. The fourth-order valence-electron chi connectivity index (χ4n) is 7.29. The van der Waals surface area contributed by atoms with E-state index in [2.05, 4.69) is 221 Å². The molecule has 0 aromatic heterocycles. The average molecular weight is 677 g/mol. The van der Waals surface area contributed by atoms with Crippen LogP contribution in [-0.4, -0.2) is 0 Å². The van der Waals surface area contributed by atoms with Crippen molar-refractivity contribution in [3.05, 3.63) is 255 Å². The zero-order chi connectivity index (χ0) is 33.5. The van der Waals surface area contributed by atoms with E-state index in [4.69, 9.17) is 0 Å². The highest BCUT2D eigenvalue weighted by molar-refractivity contribution is 7.73. The van der Waals surface area contributed by atoms with E-state index in [1.165, 1.54) is 56.0 Å². The molecule has 8 rings (SSSR count). The summed E-state index contributed by atoms with van der Waals surface area (Å²) in [7, 11) is -1.57. The lowest BCUT2D eigenvalue weighted by Crippen LogP contribution is -2.29. The summed E-state index contributed by atoms with van der Waals surface area (Å²) in [5, 5.41) is 5.54. The van der Waals surface area contributed by atoms with Crippen LogP contribution in [0.25, 0.3) is 0 Å². The topological polar surface area (TPSA) is 0 Å². The molecule has 240 valence electrons. The van der Waals surface area contributed by atoms with Crippen LogP contribution in [0.2, 0.25) is 0 Å². The maximum absolute atomic E-state index is 2.39. The van der Waals surface area contributed by atoms with Crippen molar-refractivity contribution in [3.63, 3.8) is 0 Å². The molecule has 2 atom stereocenters. The first-order chi connectivity index (χ1) is 24.9. The minimum absolute atomic E-state index is 0.170. The minimum atomic E-state index is -0.783. The molecule has 0 aliphatic heterocycles. The molecule has 2 saturated carbocycles. The summed E-state index contributed by atoms with van der Waals surface area (Å²) in [4.78, 5) is 0. The van der Waals surface area contributed by atoms with E-state index in [-0.39, 0.29) is 11.3 Å². The van der Waals surface area contributed by atoms with Gasteiger partial charge in [-0.15, -0.1) is 0 Å². The first-order valence-corrected chi connectivity index (χ1v) is 20.1. The fourth-order valence-corrected chi connectivity index (χ4v) is 13.0. The van der Waals surface area contributed by atoms with Crippen molar-refractivity contribution in [1.29, 1.82) is 0 Å². The van der Waals surface area contributed by atoms with Crippen molar-refractivity contribution >= 4 is 37.1 Å². The molecule has 6 aromatic rings. The summed E-state index contributed by atoms with van der Waals surface area (Å²) >= 11 is 0. The first kappa shape index (κ1) is 33.3. The number of rotatable bonds is 11. The maximum Gasteiger partial charge on any atom is 0.0193 e. The highest BCUT2D eigenvalue weighted by Gasteiger charge is 2.50. The second-order valence-corrected chi connectivity index (χ2v) is 17.1. The van der Waals surface area contributed by atoms with E-state index in [0.29, 0.717) is 0 Å². The Bertz CT molecular complexity index is 1660. The van der Waals surface area contributed by atoms with Gasteiger partial charge in [-0.1, -0.05) is 182 Å². The highest BCUT2D eigenvalue weighted by Crippen LogP contribution is 2.67. The third-order valence-electron chi connectivity index (χ3n) is 9.46. The van der Waals surface area contributed by atoms with Gasteiger partial charge in [0.05, 0.1) is 0 Å². The van der Waals surface area contributed by atoms with Gasteiger partial charge in [0, 0.05) is 11.3 Å². The molecule has 2 aliphatic rings. The van der Waals surface area contributed by atoms with Crippen LogP contribution in [0.15, 0.2) is 182 Å². The molecule has 10 radical (unpaired) electrons. The number of benzene rings is 6. The van der Waals surface area contributed by atoms with Gasteiger partial charge in [-0.25, -0.2) is 0 Å². The van der Waals surface area contributed by atoms with Gasteiger partial charge in [0.25, 0.3) is 0 Å². The van der Waals surface area contributed by atoms with Gasteiger partial charge in [0.1, 0.15) is 0 Å². The molecule has 0 spiro atoms. The molecule has 0 N–H and O–H groups in total. The van der Waals surface area contributed by atoms with Gasteiger partial charge < -0.3 is 0 Å². The van der Waals surface area contributed by atoms with Crippen molar-refractivity contribution in [3.8, 4) is 0 Å². The Labute approximate surface area is 302 Å². The Morgan fingerprint density at radius 3 is 0.820 bits per heavy atom. The van der Waals surface area contributed by atoms with Gasteiger partial charge in [0.15, 0.2) is 0 Å². The van der Waals surface area contributed by atoms with Crippen LogP contribution in [0.4, 0.5) is 0 Å². The molecule has 6 aromatic carbocycles. The van der Waals surface area contributed by atoms with Crippen LogP contribution in [0.5, 0.6) is 0 Å². The number of hydrogen-bond donors (Lipinski definition) is 0. The summed E-state index contributed by atoms with van der Waals surface area (Å²) in [6.07, 6.45) is 14.1. The standard InChI is InChI=1S/C48H38P2/c1-7-21-37(22-8-1)47(49(39-25-11-3-12-26-39)40-27-13-4-14-28-40)45-35-19-33-43(45)44-34-20-36-46(44)48(38-23-9-2-10-24-38)50(41-29-15-5-16-30-41)42-31-17-6-18-32-42/h1-36,47-48H/t47-,48-/m1/s1. The van der Waals surface area contributed by atoms with Crippen molar-refractivity contribution in [2.24, 2.45) is 0 Å². The molecule has 0 saturated heterocycles. The van der Waals surface area contributed by atoms with Gasteiger partial charge in [-0.3, -0.25) is 0 Å². The summed E-state index contributed by atoms with van der Waals surface area (Å²) in [5.74, 6) is 5.43. The monoisotopic (exact) mass is 676 g/mol. The maximum atomic E-state index is 2.39. The quantitative estimate of drug-likeness (QED) is 0.120. The van der Waals surface area contributed by atoms with Crippen molar-refractivity contribution < 1.29 is 0 Å². The van der Waals surface area contributed by atoms with E-state index >= 15 is 0 Å². The smallest absolute Gasteiger partial charge is 0.0193 e. The van der Waals surface area contributed by atoms with Crippen LogP contribution in [-0.2, 0) is 0 Å². The van der Waals surface area contributed by atoms with Crippen LogP contribution >= 0.6 is 15.8 Å². The Kier molecular flexibility index (Phi) is 10.7. The van der Waals surface area contributed by atoms with E-state index in [1.807, 2.05) is 0 Å². The van der Waals surface area contributed by atoms with Crippen LogP contribution in [0, 0.1) is 62.2 Å². The van der Waals surface area contributed by atoms with Crippen LogP contribution in [0.1, 0.15) is 22.4 Å². The molecular formula is C48H38P2. The fraction of sp³-hybridized carbons (Fsp3) is 0.0417. The zero-order valence-electron chi connectivity index (χ0n) is 27.8. The molecule has 50 heavy (non-hydrogen) atoms. The lowest BCUT2D eigenvalue weighted by molar-refractivity contribution is 0.851. The van der Waals surface area contributed by atoms with E-state index in [0.717, 1.165) is 0 Å². The lowest BCUT2D eigenvalue weighted by atomic mass is 9.74. The molecule has 0 nitrogen and oxygen atoms in total. The molecule has 0 amide bonds. The highest BCUT2D eigenvalue weighted by atomic mass is 31.1. The van der Waals surface area contributed by atoms with E-state index in [9.17, 15) is 0 Å². The lowest BCUT2D eigenvalue weighted by Gasteiger charge is -2.41. The Balaban J connectivity index is 1.24. The summed E-state index contributed by atoms with van der Waals surface area (Å²) < 4.78 is 0. The third kappa shape index (κ3) is 7.04. The Morgan fingerprint density at radius 2 is 0.540 bits per heavy atom. The molecule has 0 unspecified atom stereocenters. The van der Waals surface area contributed by atoms with E-state index < -0.39 is 15.8 Å². The zero-order valence-corrected chi connectivity index (χ0v) is 29.6. The predicted molar refractivity (Wildman–Crippen MR) is 215 cm³/mol.